The number of hydrogen-bond donors (Lipinski definition) is 7. The molecule has 0 bridgehead atoms. The average Bonchev–Trinajstić information content (AvgIpc) is 3.45. The maximum Gasteiger partial charge on any atom is 0.331 e. The van der Waals surface area contributed by atoms with Crippen LogP contribution >= 0.6 is 0 Å². The second-order valence-electron chi connectivity index (χ2n) is 11.8. The molecule has 0 aromatic heterocycles. The summed E-state index contributed by atoms with van der Waals surface area (Å²) in [5.74, 6) is -4.37. The minimum Gasteiger partial charge on any atom is -0.502 e. The summed E-state index contributed by atoms with van der Waals surface area (Å²) in [6.07, 6.45) is -11.9. The number of esters is 2. The zero-order valence-electron chi connectivity index (χ0n) is 30.1. The van der Waals surface area contributed by atoms with E-state index in [-0.39, 0.29) is 34.1 Å². The summed E-state index contributed by atoms with van der Waals surface area (Å²) >= 11 is 0. The first-order valence-corrected chi connectivity index (χ1v) is 16.1. The highest BCUT2D eigenvalue weighted by Gasteiger charge is 2.61. The number of ether oxygens (including phenoxy) is 10. The van der Waals surface area contributed by atoms with Crippen molar-refractivity contribution in [2.45, 2.75) is 54.8 Å². The smallest absolute Gasteiger partial charge is 0.331 e. The molecule has 0 amide bonds. The molecule has 2 aliphatic rings. The molecule has 1 unspecified atom stereocenters. The number of phenolic OH excluding ortho intramolecular Hbond substituents is 1. The van der Waals surface area contributed by atoms with Crippen LogP contribution in [0.1, 0.15) is 11.1 Å². The molecule has 7 N–H and O–H groups in total. The van der Waals surface area contributed by atoms with Gasteiger partial charge in [0.1, 0.15) is 43.2 Å². The van der Waals surface area contributed by atoms with Gasteiger partial charge in [-0.05, 0) is 47.0 Å². The van der Waals surface area contributed by atoms with E-state index >= 15 is 0 Å². The van der Waals surface area contributed by atoms with Gasteiger partial charge in [-0.25, -0.2) is 9.59 Å². The van der Waals surface area contributed by atoms with E-state index in [1.807, 2.05) is 0 Å². The molecular formula is C35H44O19. The molecule has 2 heterocycles. The quantitative estimate of drug-likeness (QED) is 0.0836. The van der Waals surface area contributed by atoms with E-state index in [1.165, 1.54) is 65.9 Å². The summed E-state index contributed by atoms with van der Waals surface area (Å²) in [5, 5.41) is 75.2. The fourth-order valence-corrected chi connectivity index (χ4v) is 5.91. The molecule has 0 aliphatic carbocycles. The molecule has 2 saturated heterocycles. The third-order valence-corrected chi connectivity index (χ3v) is 8.70. The van der Waals surface area contributed by atoms with Crippen LogP contribution in [0.5, 0.6) is 34.5 Å². The van der Waals surface area contributed by atoms with E-state index < -0.39 is 85.7 Å². The second-order valence-corrected chi connectivity index (χ2v) is 11.8. The third kappa shape index (κ3) is 8.49. The average molecular weight is 769 g/mol. The lowest BCUT2D eigenvalue weighted by atomic mass is 9.89. The van der Waals surface area contributed by atoms with Crippen LogP contribution in [0.3, 0.4) is 0 Å². The predicted molar refractivity (Wildman–Crippen MR) is 182 cm³/mol. The maximum atomic E-state index is 13.2. The molecule has 2 aromatic carbocycles. The number of aliphatic hydroxyl groups is 6. The van der Waals surface area contributed by atoms with Gasteiger partial charge in [0.05, 0.1) is 49.3 Å². The van der Waals surface area contributed by atoms with Gasteiger partial charge in [0.2, 0.25) is 17.3 Å². The molecule has 54 heavy (non-hydrogen) atoms. The van der Waals surface area contributed by atoms with Gasteiger partial charge < -0.3 is 83.1 Å². The van der Waals surface area contributed by atoms with Crippen molar-refractivity contribution in [3.63, 3.8) is 0 Å². The molecule has 2 aliphatic heterocycles. The summed E-state index contributed by atoms with van der Waals surface area (Å²) in [6.45, 7) is -2.03. The largest absolute Gasteiger partial charge is 0.502 e. The molecule has 2 aromatic rings. The van der Waals surface area contributed by atoms with E-state index in [0.29, 0.717) is 11.3 Å². The van der Waals surface area contributed by atoms with Gasteiger partial charge in [0.25, 0.3) is 0 Å². The van der Waals surface area contributed by atoms with Gasteiger partial charge in [-0.15, -0.1) is 0 Å². The number of aromatic hydroxyl groups is 1. The lowest BCUT2D eigenvalue weighted by molar-refractivity contribution is -0.377. The van der Waals surface area contributed by atoms with E-state index in [1.54, 1.807) is 0 Å². The first-order chi connectivity index (χ1) is 25.8. The topological polar surface area (TPSA) is 268 Å². The van der Waals surface area contributed by atoms with Gasteiger partial charge in [-0.3, -0.25) is 0 Å². The van der Waals surface area contributed by atoms with Crippen LogP contribution in [0.4, 0.5) is 0 Å². The van der Waals surface area contributed by atoms with Crippen LogP contribution in [-0.4, -0.2) is 158 Å². The molecule has 0 spiro atoms. The Morgan fingerprint density at radius 1 is 0.778 bits per heavy atom. The zero-order valence-corrected chi connectivity index (χ0v) is 30.1. The highest BCUT2D eigenvalue weighted by molar-refractivity contribution is 5.93. The van der Waals surface area contributed by atoms with Gasteiger partial charge >= 0.3 is 11.9 Å². The summed E-state index contributed by atoms with van der Waals surface area (Å²) in [6, 6.07) is 5.59. The number of methoxy groups -OCH3 is 6. The van der Waals surface area contributed by atoms with Gasteiger partial charge in [-0.2, -0.15) is 0 Å². The second kappa shape index (κ2) is 18.1. The van der Waals surface area contributed by atoms with Gasteiger partial charge in [0, 0.05) is 12.2 Å². The normalized spacial score (nSPS) is 28.4. The predicted octanol–water partition coefficient (Wildman–Crippen LogP) is -1.12. The van der Waals surface area contributed by atoms with Crippen LogP contribution in [0.15, 0.2) is 36.4 Å². The molecule has 9 atom stereocenters. The number of phenols is 1. The molecular weight excluding hydrogens is 724 g/mol. The molecule has 0 radical (unpaired) electrons. The first kappa shape index (κ1) is 42.0. The van der Waals surface area contributed by atoms with Crippen molar-refractivity contribution < 1.29 is 92.7 Å². The molecule has 298 valence electrons. The molecule has 19 heteroatoms. The van der Waals surface area contributed by atoms with Crippen LogP contribution in [0.2, 0.25) is 0 Å². The highest BCUT2D eigenvalue weighted by atomic mass is 16.8. The highest BCUT2D eigenvalue weighted by Crippen LogP contribution is 2.43. The number of carbonyl (C=O) groups is 2. The number of benzene rings is 2. The first-order valence-electron chi connectivity index (χ1n) is 16.1. The fourth-order valence-electron chi connectivity index (χ4n) is 5.91. The minimum atomic E-state index is -2.56. The zero-order chi connectivity index (χ0) is 39.9. The number of carbonyl (C=O) groups excluding carboxylic acids is 2. The van der Waals surface area contributed by atoms with Crippen molar-refractivity contribution in [3.05, 3.63) is 47.5 Å². The van der Waals surface area contributed by atoms with Crippen LogP contribution < -0.4 is 23.7 Å². The Hall–Kier alpha value is -4.70. The maximum absolute atomic E-state index is 13.2. The van der Waals surface area contributed by atoms with Crippen molar-refractivity contribution in [1.82, 2.24) is 0 Å². The lowest BCUT2D eigenvalue weighted by Gasteiger charge is -2.44. The van der Waals surface area contributed by atoms with Crippen molar-refractivity contribution in [1.29, 1.82) is 0 Å². The summed E-state index contributed by atoms with van der Waals surface area (Å²) in [7, 11) is 7.78. The third-order valence-electron chi connectivity index (χ3n) is 8.70. The van der Waals surface area contributed by atoms with Gasteiger partial charge in [-0.1, -0.05) is 0 Å². The van der Waals surface area contributed by atoms with Crippen molar-refractivity contribution in [2.24, 2.45) is 0 Å². The Morgan fingerprint density at radius 3 is 1.87 bits per heavy atom. The SMILES string of the molecule is COC(=O)/C=C(\c1cc(OC)c(O)c(OC)c1)C1O[C@H](O[C@@]2(CO)O[C@H](CO)[C@@H](O)[C@@H]2OC(=O)/C=C/c2cc(OC)c(OC)c(OC)c2)[C@H](O)[C@@H](O)[C@@H]1O. The van der Waals surface area contributed by atoms with E-state index in [9.17, 15) is 45.3 Å². The molecule has 2 fully saturated rings. The summed E-state index contributed by atoms with van der Waals surface area (Å²) in [5.41, 5.74) is 0.261. The molecule has 19 nitrogen and oxygen atoms in total. The van der Waals surface area contributed by atoms with E-state index in [0.717, 1.165) is 19.3 Å². The molecule has 4 rings (SSSR count). The van der Waals surface area contributed by atoms with Crippen LogP contribution in [0.25, 0.3) is 11.6 Å². The van der Waals surface area contributed by atoms with Crippen molar-refractivity contribution in [3.8, 4) is 34.5 Å². The number of hydrogen-bond acceptors (Lipinski definition) is 19. The van der Waals surface area contributed by atoms with Crippen LogP contribution in [0, 0.1) is 0 Å². The Balaban J connectivity index is 1.69. The Morgan fingerprint density at radius 2 is 1.37 bits per heavy atom. The van der Waals surface area contributed by atoms with Gasteiger partial charge in [0.15, 0.2) is 35.4 Å². The minimum absolute atomic E-state index is 0.0498. The van der Waals surface area contributed by atoms with Crippen LogP contribution in [-0.2, 0) is 33.3 Å². The number of aliphatic hydroxyl groups excluding tert-OH is 6. The fraction of sp³-hybridized carbons (Fsp3) is 0.486. The van der Waals surface area contributed by atoms with E-state index in [4.69, 9.17) is 47.4 Å². The Labute approximate surface area is 309 Å². The summed E-state index contributed by atoms with van der Waals surface area (Å²) < 4.78 is 54.0. The Bertz CT molecular complexity index is 1640. The standard InChI is InChI=1S/C35H44O19/c1-45-19-11-17(12-20(46-2)26(19)40)18(13-25(39)49-5)31-29(43)28(42)30(44)34(52-31)54-35(15-37)33(27(41)23(14-36)53-35)51-24(38)8-7-16-9-21(47-3)32(50-6)22(10-16)48-4/h7-13,23,27-31,33-34,36-37,40-44H,14-15H2,1-6H3/b8-7+,18-13+/t23-,27-,28+,29+,30-,31?,33+,34-,35-/m1/s1. The monoisotopic (exact) mass is 768 g/mol. The molecule has 0 saturated carbocycles. The Kier molecular flexibility index (Phi) is 14.1. The van der Waals surface area contributed by atoms with E-state index in [2.05, 4.69) is 0 Å². The number of rotatable bonds is 15. The van der Waals surface area contributed by atoms with Crippen molar-refractivity contribution in [2.75, 3.05) is 55.9 Å². The van der Waals surface area contributed by atoms with Crippen molar-refractivity contribution >= 4 is 23.6 Å². The summed E-state index contributed by atoms with van der Waals surface area (Å²) in [4.78, 5) is 25.7. The lowest BCUT2D eigenvalue weighted by Crippen LogP contribution is -2.62.